The van der Waals surface area contributed by atoms with Crippen LogP contribution in [0.4, 0.5) is 0 Å². The fraction of sp³-hybridized carbons (Fsp3) is 1.00. The van der Waals surface area contributed by atoms with E-state index in [0.29, 0.717) is 0 Å². The number of hydrogen-bond donors (Lipinski definition) is 0. The Morgan fingerprint density at radius 1 is 0.324 bits per heavy atom. The molecule has 11 fully saturated rings. The van der Waals surface area contributed by atoms with Crippen molar-refractivity contribution in [1.82, 2.24) is 0 Å². The van der Waals surface area contributed by atoms with E-state index in [9.17, 15) is 0 Å². The molecule has 11 rings (SSSR count). The van der Waals surface area contributed by atoms with Gasteiger partial charge in [0.25, 0.3) is 0 Å². The molecule has 6 bridgehead atoms. The third-order valence-electron chi connectivity index (χ3n) is 20.2. The molecular weight excluding hydrogens is 1170 g/mol. The second-order valence-corrected chi connectivity index (χ2v) is 65.5. The summed E-state index contributed by atoms with van der Waals surface area (Å²) in [6, 6.07) is 0. The van der Waals surface area contributed by atoms with Gasteiger partial charge in [-0.2, -0.15) is 0 Å². The summed E-state index contributed by atoms with van der Waals surface area (Å²) in [4.78, 5) is 0. The van der Waals surface area contributed by atoms with Crippen LogP contribution in [0.2, 0.25) is 67.3 Å². The number of unbranched alkanes of at least 4 members (excludes halogenated alkanes) is 2. The molecule has 4 heterocycles. The molecule has 0 N–H and O–H groups in total. The van der Waals surface area contributed by atoms with Crippen LogP contribution in [0.1, 0.15) is 264 Å². The fourth-order valence-corrected chi connectivity index (χ4v) is 92.7. The van der Waals surface area contributed by atoms with Crippen molar-refractivity contribution in [2.75, 3.05) is 0 Å². The van der Waals surface area contributed by atoms with Gasteiger partial charge >= 0.3 is 467 Å². The summed E-state index contributed by atoms with van der Waals surface area (Å²) >= 11 is -4.55. The Morgan fingerprint density at radius 3 is 0.811 bits per heavy atom. The van der Waals surface area contributed by atoms with Crippen molar-refractivity contribution in [3.05, 3.63) is 0 Å². The first kappa shape index (κ1) is 57.9. The van der Waals surface area contributed by atoms with Crippen LogP contribution < -0.4 is 0 Å². The molecule has 0 aromatic rings. The Hall–Kier alpha value is 2.05. The van der Waals surface area contributed by atoms with E-state index in [2.05, 4.69) is 33.5 Å². The number of fused-ring (bicyclic) bond motifs is 4. The van der Waals surface area contributed by atoms with Crippen molar-refractivity contribution in [3.8, 4) is 0 Å². The molecule has 0 aromatic heterocycles. The molecule has 11 aliphatic rings. The molecule has 21 heteroatoms. The first-order chi connectivity index (χ1) is 35.8. The van der Waals surface area contributed by atoms with Crippen molar-refractivity contribution in [2.24, 2.45) is 0 Å². The van der Waals surface area contributed by atoms with Gasteiger partial charge in [-0.3, -0.25) is 0 Å². The SMILES string of the molecule is CCC[CH2][Sn]1([CH2]CCC)[O][Si]2(C3CCCCC3)O[Si]3(C4CCCCC4)O[Si](O[Si](C)(C)C)(C4CCCCC4)O[Si]4(C5CCCCC5)O[Si](C5CCCCC5)(O3)O[Si](C3CCCCC3)(O2)O[Si](C2CCCCC2)(O4)[O]1. The maximum absolute atomic E-state index is 9.04. The molecule has 7 saturated carbocycles. The van der Waals surface area contributed by atoms with Gasteiger partial charge in [-0.05, 0) is 0 Å². The van der Waals surface area contributed by atoms with E-state index < -0.39 is 89.2 Å². The average Bonchev–Trinajstić information content (AvgIpc) is 3.41. The summed E-state index contributed by atoms with van der Waals surface area (Å²) in [6.45, 7) is 11.8. The zero-order valence-electron chi connectivity index (χ0n) is 47.4. The topological polar surface area (TPSA) is 111 Å². The van der Waals surface area contributed by atoms with E-state index in [4.69, 9.17) is 46.7 Å². The summed E-state index contributed by atoms with van der Waals surface area (Å²) in [5, 5.41) is 0. The zero-order chi connectivity index (χ0) is 51.0. The predicted molar refractivity (Wildman–Crippen MR) is 310 cm³/mol. The van der Waals surface area contributed by atoms with Crippen LogP contribution in [-0.4, -0.2) is 89.2 Å². The molecule has 0 spiro atoms. The normalized spacial score (nSPS) is 41.5. The molecular formula is C53H104O12Si8Sn. The molecule has 4 aliphatic heterocycles. The Kier molecular flexibility index (Phi) is 19.0. The van der Waals surface area contributed by atoms with E-state index in [0.717, 1.165) is 214 Å². The molecule has 424 valence electrons. The monoisotopic (exact) mass is 1280 g/mol. The van der Waals surface area contributed by atoms with Gasteiger partial charge < -0.3 is 0 Å². The van der Waals surface area contributed by atoms with E-state index >= 15 is 0 Å². The average molecular weight is 1280 g/mol. The van der Waals surface area contributed by atoms with Crippen molar-refractivity contribution >= 4 is 89.2 Å². The second kappa shape index (κ2) is 24.3. The third-order valence-corrected chi connectivity index (χ3v) is 74.3. The van der Waals surface area contributed by atoms with Crippen molar-refractivity contribution in [3.63, 3.8) is 0 Å². The quantitative estimate of drug-likeness (QED) is 0.146. The van der Waals surface area contributed by atoms with Gasteiger partial charge in [0.1, 0.15) is 0 Å². The van der Waals surface area contributed by atoms with Crippen molar-refractivity contribution < 1.29 is 46.7 Å². The van der Waals surface area contributed by atoms with E-state index in [1.165, 1.54) is 44.9 Å². The Bertz CT molecular complexity index is 1740. The van der Waals surface area contributed by atoms with E-state index in [-0.39, 0.29) is 38.8 Å². The van der Waals surface area contributed by atoms with Gasteiger partial charge in [0.05, 0.1) is 0 Å². The zero-order valence-corrected chi connectivity index (χ0v) is 58.3. The van der Waals surface area contributed by atoms with Crippen LogP contribution in [0, 0.1) is 0 Å². The van der Waals surface area contributed by atoms with Crippen LogP contribution in [0.15, 0.2) is 0 Å². The van der Waals surface area contributed by atoms with Crippen LogP contribution in [0.5, 0.6) is 0 Å². The van der Waals surface area contributed by atoms with Gasteiger partial charge in [0, 0.05) is 0 Å². The molecule has 12 nitrogen and oxygen atoms in total. The Morgan fingerprint density at radius 2 is 0.554 bits per heavy atom. The first-order valence-electron chi connectivity index (χ1n) is 32.3. The molecule has 74 heavy (non-hydrogen) atoms. The summed E-state index contributed by atoms with van der Waals surface area (Å²) < 4.78 is 109. The fourth-order valence-electron chi connectivity index (χ4n) is 16.4. The standard InChI is InChI=1S/C45H86O12Si8.2C4H9.Sn/c1-58(2,3)48-61(41-29-15-6-16-30-41)53-63(43-33-19-8-20-34-43)51-59(46,39-25-11-4-12-26-39)49-62(42-31-17-7-18-32-42)50-60(47,40-27-13-5-14-28-40)52-64(54-61,44-35-21-9-22-36-44)57-65(55-62,56-63)45-37-23-10-24-38-45;2*1-3-4-2;/h39-45H,4-38H2,1-3H3;2*1,3-4H2,2H3;/q-2;;;+2. The van der Waals surface area contributed by atoms with E-state index in [1.54, 1.807) is 0 Å². The molecule has 4 saturated heterocycles. The summed E-state index contributed by atoms with van der Waals surface area (Å²) in [5.41, 5.74) is 0.473. The molecule has 0 amide bonds. The van der Waals surface area contributed by atoms with Crippen molar-refractivity contribution in [1.29, 1.82) is 0 Å². The second-order valence-electron chi connectivity index (χ2n) is 27.0. The number of rotatable bonds is 15. The number of hydrogen-bond acceptors (Lipinski definition) is 12. The van der Waals surface area contributed by atoms with Gasteiger partial charge in [0.15, 0.2) is 0 Å². The summed E-state index contributed by atoms with van der Waals surface area (Å²) in [7, 11) is -30.7. The first-order valence-corrected chi connectivity index (χ1v) is 54.6. The van der Waals surface area contributed by atoms with Crippen molar-refractivity contribution in [2.45, 2.75) is 332 Å². The van der Waals surface area contributed by atoms with Gasteiger partial charge in [0.2, 0.25) is 0 Å². The van der Waals surface area contributed by atoms with Crippen LogP contribution in [-0.2, 0) is 46.7 Å². The minimum atomic E-state index is -4.55. The molecule has 0 radical (unpaired) electrons. The summed E-state index contributed by atoms with van der Waals surface area (Å²) in [5.74, 6) is 0. The van der Waals surface area contributed by atoms with Gasteiger partial charge in [-0.1, -0.05) is 0 Å². The van der Waals surface area contributed by atoms with E-state index in [1.807, 2.05) is 0 Å². The molecule has 4 atom stereocenters. The van der Waals surface area contributed by atoms with Gasteiger partial charge in [-0.25, -0.2) is 0 Å². The Balaban J connectivity index is 1.28. The maximum atomic E-state index is 9.04. The molecule has 7 aliphatic carbocycles. The van der Waals surface area contributed by atoms with Crippen LogP contribution >= 0.6 is 0 Å². The third kappa shape index (κ3) is 11.9. The predicted octanol–water partition coefficient (Wildman–Crippen LogP) is 17.0. The Labute approximate surface area is 463 Å². The van der Waals surface area contributed by atoms with Gasteiger partial charge in [-0.15, -0.1) is 0 Å². The minimum absolute atomic E-state index is 0.0406. The molecule has 4 unspecified atom stereocenters. The van der Waals surface area contributed by atoms with Crippen LogP contribution in [0.25, 0.3) is 0 Å². The van der Waals surface area contributed by atoms with Crippen LogP contribution in [0.3, 0.4) is 0 Å². The summed E-state index contributed by atoms with van der Waals surface area (Å²) in [6.07, 6.45) is 42.9. The molecule has 0 aromatic carbocycles.